The second-order valence-corrected chi connectivity index (χ2v) is 5.76. The van der Waals surface area contributed by atoms with Crippen molar-refractivity contribution >= 4 is 21.6 Å². The number of rotatable bonds is 10. The number of nitrogens with two attached hydrogens (primary N) is 1. The SMILES string of the molecule is CCCCOc1cc(N)c(OCCN(CC)CC)c(Br)c1. The Morgan fingerprint density at radius 1 is 1.10 bits per heavy atom. The van der Waals surface area contributed by atoms with E-state index in [9.17, 15) is 0 Å². The number of likely N-dealkylation sites (N-methyl/N-ethyl adjacent to an activating group) is 1. The van der Waals surface area contributed by atoms with Crippen LogP contribution < -0.4 is 15.2 Å². The van der Waals surface area contributed by atoms with Crippen molar-refractivity contribution in [3.05, 3.63) is 16.6 Å². The third-order valence-electron chi connectivity index (χ3n) is 3.36. The third-order valence-corrected chi connectivity index (χ3v) is 3.95. The summed E-state index contributed by atoms with van der Waals surface area (Å²) < 4.78 is 12.3. The molecule has 0 aliphatic rings. The van der Waals surface area contributed by atoms with E-state index in [-0.39, 0.29) is 0 Å². The number of nitrogen functional groups attached to an aromatic ring is 1. The van der Waals surface area contributed by atoms with Crippen molar-refractivity contribution in [1.29, 1.82) is 0 Å². The molecule has 0 radical (unpaired) electrons. The average molecular weight is 359 g/mol. The van der Waals surface area contributed by atoms with Gasteiger partial charge in [-0.3, -0.25) is 0 Å². The third kappa shape index (κ3) is 6.14. The van der Waals surface area contributed by atoms with Crippen LogP contribution in [0.4, 0.5) is 5.69 Å². The minimum atomic E-state index is 0.607. The topological polar surface area (TPSA) is 47.7 Å². The number of halogens is 1. The molecule has 0 aromatic heterocycles. The maximum atomic E-state index is 6.06. The largest absolute Gasteiger partial charge is 0.493 e. The van der Waals surface area contributed by atoms with E-state index in [0.29, 0.717) is 24.7 Å². The van der Waals surface area contributed by atoms with Crippen molar-refractivity contribution in [3.8, 4) is 11.5 Å². The molecule has 120 valence electrons. The predicted octanol–water partition coefficient (Wildman–Crippen LogP) is 3.93. The molecule has 0 atom stereocenters. The van der Waals surface area contributed by atoms with E-state index >= 15 is 0 Å². The lowest BCUT2D eigenvalue weighted by molar-refractivity contribution is 0.222. The summed E-state index contributed by atoms with van der Waals surface area (Å²) in [6, 6.07) is 3.74. The number of hydrogen-bond donors (Lipinski definition) is 1. The minimum absolute atomic E-state index is 0.607. The van der Waals surface area contributed by atoms with Gasteiger partial charge in [-0.2, -0.15) is 0 Å². The Hall–Kier alpha value is -0.940. The summed E-state index contributed by atoms with van der Waals surface area (Å²) in [5, 5.41) is 0. The van der Waals surface area contributed by atoms with Gasteiger partial charge in [0.1, 0.15) is 12.4 Å². The number of benzene rings is 1. The maximum Gasteiger partial charge on any atom is 0.156 e. The summed E-state index contributed by atoms with van der Waals surface area (Å²) in [7, 11) is 0. The zero-order chi connectivity index (χ0) is 15.7. The molecular weight excluding hydrogens is 332 g/mol. The number of nitrogens with zero attached hydrogens (tertiary/aromatic N) is 1. The summed E-state index contributed by atoms with van der Waals surface area (Å²) in [6.07, 6.45) is 2.16. The van der Waals surface area contributed by atoms with Crippen LogP contribution in [0.25, 0.3) is 0 Å². The number of hydrogen-bond acceptors (Lipinski definition) is 4. The van der Waals surface area contributed by atoms with Gasteiger partial charge in [0, 0.05) is 12.6 Å². The fourth-order valence-corrected chi connectivity index (χ4v) is 2.54. The van der Waals surface area contributed by atoms with Crippen LogP contribution in [0.1, 0.15) is 33.6 Å². The van der Waals surface area contributed by atoms with Crippen LogP contribution in [0.3, 0.4) is 0 Å². The van der Waals surface area contributed by atoms with Gasteiger partial charge in [0.15, 0.2) is 5.75 Å². The molecule has 0 saturated heterocycles. The van der Waals surface area contributed by atoms with Crippen LogP contribution in [0.5, 0.6) is 11.5 Å². The zero-order valence-electron chi connectivity index (χ0n) is 13.3. The summed E-state index contributed by atoms with van der Waals surface area (Å²) in [6.45, 7) is 10.7. The first-order valence-corrected chi connectivity index (χ1v) is 8.48. The van der Waals surface area contributed by atoms with Crippen LogP contribution in [0.15, 0.2) is 16.6 Å². The highest BCUT2D eigenvalue weighted by atomic mass is 79.9. The van der Waals surface area contributed by atoms with Crippen molar-refractivity contribution in [2.45, 2.75) is 33.6 Å². The van der Waals surface area contributed by atoms with Crippen LogP contribution in [-0.4, -0.2) is 37.7 Å². The quantitative estimate of drug-likeness (QED) is 0.508. The van der Waals surface area contributed by atoms with E-state index in [2.05, 4.69) is 41.6 Å². The molecule has 21 heavy (non-hydrogen) atoms. The molecule has 0 spiro atoms. The van der Waals surface area contributed by atoms with E-state index in [0.717, 1.165) is 42.7 Å². The predicted molar refractivity (Wildman–Crippen MR) is 92.2 cm³/mol. The molecule has 1 rings (SSSR count). The Balaban J connectivity index is 2.58. The van der Waals surface area contributed by atoms with Crippen LogP contribution in [0.2, 0.25) is 0 Å². The molecule has 1 aromatic carbocycles. The van der Waals surface area contributed by atoms with Crippen molar-refractivity contribution in [2.75, 3.05) is 38.6 Å². The standard InChI is InChI=1S/C16H27BrN2O2/c1-4-7-9-20-13-11-14(17)16(15(18)12-13)21-10-8-19(5-2)6-3/h11-12H,4-10,18H2,1-3H3. The number of anilines is 1. The molecule has 1 aromatic rings. The molecule has 0 fully saturated rings. The van der Waals surface area contributed by atoms with Crippen LogP contribution in [0, 0.1) is 0 Å². The monoisotopic (exact) mass is 358 g/mol. The summed E-state index contributed by atoms with van der Waals surface area (Å²) >= 11 is 3.51. The molecule has 0 unspecified atom stereocenters. The lowest BCUT2D eigenvalue weighted by atomic mass is 10.3. The second kappa shape index (κ2) is 9.90. The van der Waals surface area contributed by atoms with E-state index in [1.165, 1.54) is 0 Å². The highest BCUT2D eigenvalue weighted by molar-refractivity contribution is 9.10. The summed E-state index contributed by atoms with van der Waals surface area (Å²) in [5.41, 5.74) is 6.67. The van der Waals surface area contributed by atoms with Gasteiger partial charge >= 0.3 is 0 Å². The lowest BCUT2D eigenvalue weighted by Crippen LogP contribution is -2.28. The van der Waals surface area contributed by atoms with E-state index in [1.807, 2.05) is 12.1 Å². The molecule has 0 saturated carbocycles. The Kier molecular flexibility index (Phi) is 8.54. The highest BCUT2D eigenvalue weighted by Crippen LogP contribution is 2.35. The van der Waals surface area contributed by atoms with Gasteiger partial charge in [-0.05, 0) is 41.5 Å². The molecule has 0 amide bonds. The molecule has 0 heterocycles. The number of unbranched alkanes of at least 4 members (excludes halogenated alkanes) is 1. The average Bonchev–Trinajstić information content (AvgIpc) is 2.46. The van der Waals surface area contributed by atoms with E-state index in [4.69, 9.17) is 15.2 Å². The zero-order valence-corrected chi connectivity index (χ0v) is 14.9. The van der Waals surface area contributed by atoms with Crippen molar-refractivity contribution < 1.29 is 9.47 Å². The fourth-order valence-electron chi connectivity index (χ4n) is 1.98. The smallest absolute Gasteiger partial charge is 0.156 e. The normalized spacial score (nSPS) is 10.9. The van der Waals surface area contributed by atoms with Gasteiger partial charge in [-0.15, -0.1) is 0 Å². The summed E-state index contributed by atoms with van der Waals surface area (Å²) in [4.78, 5) is 2.31. The molecular formula is C16H27BrN2O2. The Bertz CT molecular complexity index is 400. The fraction of sp³-hybridized carbons (Fsp3) is 0.625. The molecule has 0 aliphatic heterocycles. The highest BCUT2D eigenvalue weighted by Gasteiger charge is 2.10. The van der Waals surface area contributed by atoms with E-state index in [1.54, 1.807) is 0 Å². The first-order chi connectivity index (χ1) is 10.1. The minimum Gasteiger partial charge on any atom is -0.493 e. The van der Waals surface area contributed by atoms with Gasteiger partial charge in [0.25, 0.3) is 0 Å². The molecule has 2 N–H and O–H groups in total. The maximum absolute atomic E-state index is 6.06. The summed E-state index contributed by atoms with van der Waals surface area (Å²) in [5.74, 6) is 1.48. The molecule has 5 heteroatoms. The van der Waals surface area contributed by atoms with Gasteiger partial charge in [-0.1, -0.05) is 27.2 Å². The Morgan fingerprint density at radius 2 is 1.81 bits per heavy atom. The first-order valence-electron chi connectivity index (χ1n) is 7.69. The first kappa shape index (κ1) is 18.1. The van der Waals surface area contributed by atoms with Crippen LogP contribution >= 0.6 is 15.9 Å². The van der Waals surface area contributed by atoms with E-state index < -0.39 is 0 Å². The van der Waals surface area contributed by atoms with Crippen molar-refractivity contribution in [3.63, 3.8) is 0 Å². The van der Waals surface area contributed by atoms with Crippen molar-refractivity contribution in [1.82, 2.24) is 4.90 Å². The second-order valence-electron chi connectivity index (χ2n) is 4.90. The van der Waals surface area contributed by atoms with Crippen LogP contribution in [-0.2, 0) is 0 Å². The molecule has 0 aliphatic carbocycles. The Labute approximate surface area is 136 Å². The number of ether oxygens (including phenoxy) is 2. The Morgan fingerprint density at radius 3 is 2.38 bits per heavy atom. The van der Waals surface area contributed by atoms with Gasteiger partial charge in [0.05, 0.1) is 16.8 Å². The van der Waals surface area contributed by atoms with Gasteiger partial charge in [-0.25, -0.2) is 0 Å². The van der Waals surface area contributed by atoms with Gasteiger partial charge in [0.2, 0.25) is 0 Å². The lowest BCUT2D eigenvalue weighted by Gasteiger charge is -2.19. The van der Waals surface area contributed by atoms with Crippen molar-refractivity contribution in [2.24, 2.45) is 0 Å². The molecule has 4 nitrogen and oxygen atoms in total. The molecule has 0 bridgehead atoms. The van der Waals surface area contributed by atoms with Gasteiger partial charge < -0.3 is 20.1 Å².